The second-order valence-electron chi connectivity index (χ2n) is 8.08. The topological polar surface area (TPSA) is 66.1 Å². The van der Waals surface area contributed by atoms with Gasteiger partial charge in [-0.3, -0.25) is 9.59 Å². The van der Waals surface area contributed by atoms with Crippen LogP contribution >= 0.6 is 11.3 Å². The van der Waals surface area contributed by atoms with Crippen molar-refractivity contribution in [3.63, 3.8) is 0 Å². The Bertz CT molecular complexity index is 906. The van der Waals surface area contributed by atoms with Gasteiger partial charge in [-0.25, -0.2) is 4.98 Å². The Morgan fingerprint density at radius 1 is 1.12 bits per heavy atom. The predicted molar refractivity (Wildman–Crippen MR) is 102 cm³/mol. The molecule has 0 aromatic carbocycles. The van der Waals surface area contributed by atoms with Crippen molar-refractivity contribution in [3.8, 4) is 0 Å². The molecule has 0 atom stereocenters. The first-order chi connectivity index (χ1) is 12.7. The molecule has 2 heterocycles. The van der Waals surface area contributed by atoms with Gasteiger partial charge in [-0.05, 0) is 56.9 Å². The Morgan fingerprint density at radius 2 is 1.88 bits per heavy atom. The van der Waals surface area contributed by atoms with E-state index in [1.54, 1.807) is 11.3 Å². The fraction of sp³-hybridized carbons (Fsp3) is 0.650. The number of rotatable bonds is 4. The molecule has 138 valence electrons. The third-order valence-electron chi connectivity index (χ3n) is 6.17. The molecule has 2 saturated carbocycles. The molecule has 5 nitrogen and oxygen atoms in total. The van der Waals surface area contributed by atoms with E-state index < -0.39 is 0 Å². The fourth-order valence-electron chi connectivity index (χ4n) is 4.61. The summed E-state index contributed by atoms with van der Waals surface area (Å²) in [6.45, 7) is 0.452. The Balaban J connectivity index is 1.49. The van der Waals surface area contributed by atoms with Crippen molar-refractivity contribution in [1.82, 2.24) is 14.9 Å². The van der Waals surface area contributed by atoms with E-state index >= 15 is 0 Å². The van der Waals surface area contributed by atoms with E-state index in [2.05, 4.69) is 4.98 Å². The van der Waals surface area contributed by atoms with Crippen LogP contribution in [0.1, 0.15) is 67.6 Å². The number of hydrogen-bond acceptors (Lipinski definition) is 4. The number of thiophene rings is 1. The molecule has 0 spiro atoms. The molecule has 0 radical (unpaired) electrons. The summed E-state index contributed by atoms with van der Waals surface area (Å²) in [5.74, 6) is 1.13. The summed E-state index contributed by atoms with van der Waals surface area (Å²) in [6, 6.07) is 0.320. The molecule has 26 heavy (non-hydrogen) atoms. The van der Waals surface area contributed by atoms with Gasteiger partial charge in [-0.2, -0.15) is 0 Å². The number of nitrogens with one attached hydrogen (secondary N) is 1. The van der Waals surface area contributed by atoms with Crippen molar-refractivity contribution in [2.45, 2.75) is 76.8 Å². The van der Waals surface area contributed by atoms with Gasteiger partial charge in [0.1, 0.15) is 10.7 Å². The van der Waals surface area contributed by atoms with Crippen molar-refractivity contribution >= 4 is 27.5 Å². The number of carbonyl (C=O) groups excluding carboxylic acids is 1. The normalized spacial score (nSPS) is 20.5. The van der Waals surface area contributed by atoms with Crippen LogP contribution < -0.4 is 5.56 Å². The molecule has 2 aromatic heterocycles. The van der Waals surface area contributed by atoms with Crippen LogP contribution in [0.5, 0.6) is 0 Å². The third-order valence-corrected chi connectivity index (χ3v) is 7.36. The van der Waals surface area contributed by atoms with Gasteiger partial charge in [-0.15, -0.1) is 11.3 Å². The van der Waals surface area contributed by atoms with Crippen molar-refractivity contribution in [3.05, 3.63) is 26.6 Å². The lowest BCUT2D eigenvalue weighted by atomic mass is 9.97. The summed E-state index contributed by atoms with van der Waals surface area (Å²) in [4.78, 5) is 37.6. The van der Waals surface area contributed by atoms with Crippen LogP contribution in [0.2, 0.25) is 0 Å². The Morgan fingerprint density at radius 3 is 2.65 bits per heavy atom. The second-order valence-corrected chi connectivity index (χ2v) is 9.17. The minimum Gasteiger partial charge on any atom is -0.332 e. The van der Waals surface area contributed by atoms with E-state index in [1.165, 1.54) is 29.7 Å². The van der Waals surface area contributed by atoms with Crippen molar-refractivity contribution in [2.75, 3.05) is 0 Å². The van der Waals surface area contributed by atoms with Gasteiger partial charge in [0.25, 0.3) is 5.56 Å². The highest BCUT2D eigenvalue weighted by atomic mass is 32.1. The van der Waals surface area contributed by atoms with E-state index in [1.807, 2.05) is 4.90 Å². The minimum atomic E-state index is -0.0188. The highest BCUT2D eigenvalue weighted by molar-refractivity contribution is 7.18. The zero-order valence-electron chi connectivity index (χ0n) is 15.1. The smallest absolute Gasteiger partial charge is 0.259 e. The van der Waals surface area contributed by atoms with Crippen LogP contribution in [0.4, 0.5) is 0 Å². The zero-order valence-corrected chi connectivity index (χ0v) is 15.9. The van der Waals surface area contributed by atoms with Gasteiger partial charge in [0.05, 0.1) is 11.9 Å². The van der Waals surface area contributed by atoms with E-state index in [-0.39, 0.29) is 17.4 Å². The van der Waals surface area contributed by atoms with Gasteiger partial charge in [0, 0.05) is 16.8 Å². The molecular weight excluding hydrogens is 346 g/mol. The number of fused-ring (bicyclic) bond motifs is 3. The van der Waals surface area contributed by atoms with E-state index in [9.17, 15) is 9.59 Å². The van der Waals surface area contributed by atoms with Crippen LogP contribution in [0.25, 0.3) is 10.2 Å². The number of nitrogens with zero attached hydrogens (tertiary/aromatic N) is 2. The number of H-pyrrole nitrogens is 1. The molecule has 5 rings (SSSR count). The molecule has 1 amide bonds. The maximum atomic E-state index is 12.8. The molecule has 0 bridgehead atoms. The molecule has 0 aliphatic heterocycles. The standard InChI is InChI=1S/C20H25N3O2S/c24-18-17-14-7-3-4-8-15(14)26-19(17)22-16(21-18)11-23(13-5-1-2-6-13)20(25)12-9-10-12/h12-13H,1-11H2,(H,21,22,24). The summed E-state index contributed by atoms with van der Waals surface area (Å²) in [5, 5.41) is 0.800. The van der Waals surface area contributed by atoms with Gasteiger partial charge >= 0.3 is 0 Å². The number of aryl methyl sites for hydroxylation is 2. The number of carbonyl (C=O) groups is 1. The summed E-state index contributed by atoms with van der Waals surface area (Å²) in [6.07, 6.45) is 11.0. The molecule has 1 N–H and O–H groups in total. The maximum absolute atomic E-state index is 12.8. The molecule has 0 saturated heterocycles. The summed E-state index contributed by atoms with van der Waals surface area (Å²) in [7, 11) is 0. The first-order valence-corrected chi connectivity index (χ1v) is 10.9. The third kappa shape index (κ3) is 2.88. The van der Waals surface area contributed by atoms with E-state index in [0.717, 1.165) is 55.2 Å². The van der Waals surface area contributed by atoms with E-state index in [0.29, 0.717) is 18.4 Å². The Hall–Kier alpha value is -1.69. The lowest BCUT2D eigenvalue weighted by Gasteiger charge is -2.28. The highest BCUT2D eigenvalue weighted by Gasteiger charge is 2.37. The zero-order chi connectivity index (χ0) is 17.7. The minimum absolute atomic E-state index is 0.0188. The predicted octanol–water partition coefficient (Wildman–Crippen LogP) is 3.54. The van der Waals surface area contributed by atoms with Crippen LogP contribution in [-0.4, -0.2) is 26.8 Å². The summed E-state index contributed by atoms with van der Waals surface area (Å²) < 4.78 is 0. The first-order valence-electron chi connectivity index (χ1n) is 10.0. The Kier molecular flexibility index (Phi) is 4.11. The summed E-state index contributed by atoms with van der Waals surface area (Å²) >= 11 is 1.68. The summed E-state index contributed by atoms with van der Waals surface area (Å²) in [5.41, 5.74) is 1.20. The highest BCUT2D eigenvalue weighted by Crippen LogP contribution is 2.36. The number of hydrogen-bond donors (Lipinski definition) is 1. The average Bonchev–Trinajstić information content (AvgIpc) is 3.21. The SMILES string of the molecule is O=C(C1CC1)N(Cc1nc2sc3c(c2c(=O)[nH]1)CCCC3)C1CCCC1. The van der Waals surface area contributed by atoms with Crippen LogP contribution in [0.15, 0.2) is 4.79 Å². The molecule has 2 aromatic rings. The first kappa shape index (κ1) is 16.5. The molecule has 2 fully saturated rings. The lowest BCUT2D eigenvalue weighted by Crippen LogP contribution is -2.40. The maximum Gasteiger partial charge on any atom is 0.259 e. The van der Waals surface area contributed by atoms with Gasteiger partial charge in [-0.1, -0.05) is 12.8 Å². The molecular formula is C20H25N3O2S. The largest absolute Gasteiger partial charge is 0.332 e. The second kappa shape index (κ2) is 6.48. The molecule has 3 aliphatic carbocycles. The molecule has 0 unspecified atom stereocenters. The monoisotopic (exact) mass is 371 g/mol. The van der Waals surface area contributed by atoms with Crippen LogP contribution in [0, 0.1) is 5.92 Å². The Labute approximate surface area is 156 Å². The van der Waals surface area contributed by atoms with Crippen molar-refractivity contribution in [1.29, 1.82) is 0 Å². The quantitative estimate of drug-likeness (QED) is 0.894. The lowest BCUT2D eigenvalue weighted by molar-refractivity contribution is -0.135. The number of amides is 1. The van der Waals surface area contributed by atoms with Gasteiger partial charge in [0.2, 0.25) is 5.91 Å². The van der Waals surface area contributed by atoms with Gasteiger partial charge in [0.15, 0.2) is 0 Å². The van der Waals surface area contributed by atoms with E-state index in [4.69, 9.17) is 4.98 Å². The average molecular weight is 372 g/mol. The molecule has 3 aliphatic rings. The van der Waals surface area contributed by atoms with Crippen molar-refractivity contribution in [2.24, 2.45) is 5.92 Å². The van der Waals surface area contributed by atoms with Crippen molar-refractivity contribution < 1.29 is 4.79 Å². The number of aromatic nitrogens is 2. The fourth-order valence-corrected chi connectivity index (χ4v) is 5.89. The van der Waals surface area contributed by atoms with Gasteiger partial charge < -0.3 is 9.88 Å². The number of aromatic amines is 1. The van der Waals surface area contributed by atoms with Crippen LogP contribution in [0.3, 0.4) is 0 Å². The van der Waals surface area contributed by atoms with Crippen LogP contribution in [-0.2, 0) is 24.2 Å². The molecule has 6 heteroatoms.